The Hall–Kier alpha value is -3.61. The van der Waals surface area contributed by atoms with E-state index in [9.17, 15) is 4.79 Å². The van der Waals surface area contributed by atoms with E-state index >= 15 is 0 Å². The molecule has 198 valence electrons. The number of aromatic amines is 1. The van der Waals surface area contributed by atoms with Crippen LogP contribution in [0.3, 0.4) is 0 Å². The van der Waals surface area contributed by atoms with Crippen LogP contribution in [-0.2, 0) is 4.79 Å². The number of H-pyrrole nitrogens is 1. The lowest BCUT2D eigenvalue weighted by Crippen LogP contribution is -2.42. The molecule has 7 nitrogen and oxygen atoms in total. The van der Waals surface area contributed by atoms with Crippen molar-refractivity contribution in [3.8, 4) is 11.5 Å². The average Bonchev–Trinajstić information content (AvgIpc) is 3.46. The molecule has 2 fully saturated rings. The third kappa shape index (κ3) is 5.19. The van der Waals surface area contributed by atoms with E-state index in [-0.39, 0.29) is 0 Å². The summed E-state index contributed by atoms with van der Waals surface area (Å²) in [7, 11) is 1.66. The fourth-order valence-corrected chi connectivity index (χ4v) is 6.39. The van der Waals surface area contributed by atoms with E-state index in [0.29, 0.717) is 36.7 Å². The number of benzene rings is 1. The summed E-state index contributed by atoms with van der Waals surface area (Å²) in [6.45, 7) is 2.32. The van der Waals surface area contributed by atoms with Gasteiger partial charge in [-0.15, -0.1) is 0 Å². The lowest BCUT2D eigenvalue weighted by Gasteiger charge is -2.35. The van der Waals surface area contributed by atoms with Gasteiger partial charge in [-0.05, 0) is 92.3 Å². The molecule has 3 aromatic heterocycles. The zero-order valence-electron chi connectivity index (χ0n) is 22.1. The first-order valence-electron chi connectivity index (χ1n) is 13.9. The number of nitrogens with zero attached hydrogens (tertiary/aromatic N) is 3. The number of rotatable bonds is 7. The van der Waals surface area contributed by atoms with Gasteiger partial charge >= 0.3 is 0 Å². The molecule has 7 heteroatoms. The molecule has 38 heavy (non-hydrogen) atoms. The topological polar surface area (TPSA) is 80.3 Å². The molecular formula is C31H36N4O3. The molecule has 0 radical (unpaired) electrons. The zero-order chi connectivity index (χ0) is 25.9. The Balaban J connectivity index is 1.02. The van der Waals surface area contributed by atoms with Crippen molar-refractivity contribution in [3.05, 3.63) is 60.6 Å². The van der Waals surface area contributed by atoms with Gasteiger partial charge in [0.2, 0.25) is 5.91 Å². The SMILES string of the molecule is COc1ccc(OCC2CCCN(C(=O)CC3CCC(c4cc[nH]c5cnc6nccc6c45)CC3)C2)cc1. The summed E-state index contributed by atoms with van der Waals surface area (Å²) in [5, 5.41) is 2.38. The Morgan fingerprint density at radius 3 is 2.63 bits per heavy atom. The third-order valence-corrected chi connectivity index (χ3v) is 8.49. The Morgan fingerprint density at radius 2 is 1.82 bits per heavy atom. The predicted octanol–water partition coefficient (Wildman–Crippen LogP) is 6.10. The van der Waals surface area contributed by atoms with Crippen molar-refractivity contribution in [2.24, 2.45) is 11.8 Å². The fourth-order valence-electron chi connectivity index (χ4n) is 6.39. The van der Waals surface area contributed by atoms with Gasteiger partial charge in [-0.1, -0.05) is 0 Å². The second-order valence-corrected chi connectivity index (χ2v) is 10.9. The number of likely N-dealkylation sites (tertiary alicyclic amines) is 1. The van der Waals surface area contributed by atoms with Crippen molar-refractivity contribution >= 4 is 27.8 Å². The van der Waals surface area contributed by atoms with Crippen LogP contribution in [0.5, 0.6) is 11.5 Å². The second-order valence-electron chi connectivity index (χ2n) is 10.9. The maximum atomic E-state index is 13.3. The van der Waals surface area contributed by atoms with Crippen LogP contribution in [0.1, 0.15) is 56.4 Å². The molecule has 2 aliphatic rings. The summed E-state index contributed by atoms with van der Waals surface area (Å²) in [6.07, 6.45) is 13.0. The van der Waals surface area contributed by atoms with Gasteiger partial charge in [-0.25, -0.2) is 9.97 Å². The molecule has 1 atom stereocenters. The van der Waals surface area contributed by atoms with Crippen molar-refractivity contribution in [1.29, 1.82) is 0 Å². The lowest BCUT2D eigenvalue weighted by molar-refractivity contribution is -0.134. The maximum Gasteiger partial charge on any atom is 0.222 e. The molecule has 1 aliphatic carbocycles. The monoisotopic (exact) mass is 512 g/mol. The summed E-state index contributed by atoms with van der Waals surface area (Å²) >= 11 is 0. The van der Waals surface area contributed by atoms with Crippen LogP contribution >= 0.6 is 0 Å². The van der Waals surface area contributed by atoms with Gasteiger partial charge in [0.05, 0.1) is 25.4 Å². The highest BCUT2D eigenvalue weighted by molar-refractivity contribution is 6.05. The normalized spacial score (nSPS) is 22.0. The van der Waals surface area contributed by atoms with Crippen molar-refractivity contribution in [2.45, 2.75) is 50.9 Å². The predicted molar refractivity (Wildman–Crippen MR) is 149 cm³/mol. The Bertz CT molecular complexity index is 1390. The number of pyridine rings is 2. The molecular weight excluding hydrogens is 476 g/mol. The third-order valence-electron chi connectivity index (χ3n) is 8.49. The minimum atomic E-state index is 0.318. The molecule has 1 N–H and O–H groups in total. The number of hydrogen-bond donors (Lipinski definition) is 1. The minimum absolute atomic E-state index is 0.318. The van der Waals surface area contributed by atoms with Crippen LogP contribution in [0.2, 0.25) is 0 Å². The highest BCUT2D eigenvalue weighted by Crippen LogP contribution is 2.41. The smallest absolute Gasteiger partial charge is 0.222 e. The molecule has 4 heterocycles. The van der Waals surface area contributed by atoms with Gasteiger partial charge in [0.1, 0.15) is 11.5 Å². The number of fused-ring (bicyclic) bond motifs is 3. The van der Waals surface area contributed by atoms with Crippen molar-refractivity contribution < 1.29 is 14.3 Å². The van der Waals surface area contributed by atoms with E-state index in [0.717, 1.165) is 79.7 Å². The number of aromatic nitrogens is 3. The van der Waals surface area contributed by atoms with Crippen LogP contribution in [0, 0.1) is 11.8 Å². The summed E-state index contributed by atoms with van der Waals surface area (Å²) in [5.41, 5.74) is 3.27. The first-order chi connectivity index (χ1) is 18.7. The fraction of sp³-hybridized carbons (Fsp3) is 0.452. The lowest BCUT2D eigenvalue weighted by atomic mass is 9.76. The van der Waals surface area contributed by atoms with Crippen LogP contribution in [0.25, 0.3) is 21.9 Å². The first kappa shape index (κ1) is 24.7. The molecule has 1 saturated heterocycles. The number of piperidine rings is 1. The largest absolute Gasteiger partial charge is 0.497 e. The highest BCUT2D eigenvalue weighted by atomic mass is 16.5. The molecule has 0 bridgehead atoms. The number of carbonyl (C=O) groups excluding carboxylic acids is 1. The molecule has 1 aliphatic heterocycles. The second kappa shape index (κ2) is 11.0. The number of ether oxygens (including phenoxy) is 2. The van der Waals surface area contributed by atoms with E-state index < -0.39 is 0 Å². The number of hydrogen-bond acceptors (Lipinski definition) is 5. The van der Waals surface area contributed by atoms with Gasteiger partial charge in [0.25, 0.3) is 0 Å². The summed E-state index contributed by atoms with van der Waals surface area (Å²) in [6, 6.07) is 12.0. The molecule has 6 rings (SSSR count). The Kier molecular flexibility index (Phi) is 7.16. The summed E-state index contributed by atoms with van der Waals surface area (Å²) in [4.78, 5) is 27.6. The van der Waals surface area contributed by atoms with Crippen LogP contribution in [-0.4, -0.2) is 52.6 Å². The number of carbonyl (C=O) groups is 1. The Labute approximate surface area is 223 Å². The molecule has 1 saturated carbocycles. The van der Waals surface area contributed by atoms with Crippen molar-refractivity contribution in [2.75, 3.05) is 26.8 Å². The van der Waals surface area contributed by atoms with Crippen molar-refractivity contribution in [1.82, 2.24) is 19.9 Å². The summed E-state index contributed by atoms with van der Waals surface area (Å²) in [5.74, 6) is 3.35. The van der Waals surface area contributed by atoms with Gasteiger partial charge in [-0.2, -0.15) is 0 Å². The van der Waals surface area contributed by atoms with Crippen molar-refractivity contribution in [3.63, 3.8) is 0 Å². The number of methoxy groups -OCH3 is 1. The van der Waals surface area contributed by atoms with Crippen LogP contribution in [0.15, 0.2) is 55.0 Å². The molecule has 4 aromatic rings. The van der Waals surface area contributed by atoms with Gasteiger partial charge < -0.3 is 19.4 Å². The van der Waals surface area contributed by atoms with Crippen LogP contribution in [0.4, 0.5) is 0 Å². The van der Waals surface area contributed by atoms with E-state index in [1.807, 2.05) is 42.9 Å². The van der Waals surface area contributed by atoms with Gasteiger partial charge in [0, 0.05) is 48.6 Å². The van der Waals surface area contributed by atoms with E-state index in [4.69, 9.17) is 9.47 Å². The van der Waals surface area contributed by atoms with E-state index in [2.05, 4.69) is 32.0 Å². The van der Waals surface area contributed by atoms with Gasteiger partial charge in [-0.3, -0.25) is 4.79 Å². The molecule has 1 unspecified atom stereocenters. The first-order valence-corrected chi connectivity index (χ1v) is 13.9. The van der Waals surface area contributed by atoms with E-state index in [1.54, 1.807) is 7.11 Å². The van der Waals surface area contributed by atoms with Crippen LogP contribution < -0.4 is 9.47 Å². The number of amides is 1. The standard InChI is InChI=1S/C31H36N4O3/c1-37-24-8-10-25(11-9-24)38-20-22-3-2-16-35(19-22)29(36)17-21-4-6-23(7-5-21)26-12-14-32-28-18-34-31-27(30(26)28)13-15-33-31/h8-15,18,21-23,32H,2-7,16-17,19-20H2,1H3. The minimum Gasteiger partial charge on any atom is -0.497 e. The molecule has 1 aromatic carbocycles. The zero-order valence-corrected chi connectivity index (χ0v) is 22.1. The molecule has 1 amide bonds. The Morgan fingerprint density at radius 1 is 1.00 bits per heavy atom. The van der Waals surface area contributed by atoms with E-state index in [1.165, 1.54) is 10.9 Å². The maximum absolute atomic E-state index is 13.3. The highest BCUT2D eigenvalue weighted by Gasteiger charge is 2.29. The quantitative estimate of drug-likeness (QED) is 0.324. The average molecular weight is 513 g/mol. The number of nitrogens with one attached hydrogen (secondary N) is 1. The summed E-state index contributed by atoms with van der Waals surface area (Å²) < 4.78 is 11.2. The molecule has 0 spiro atoms. The van der Waals surface area contributed by atoms with Gasteiger partial charge in [0.15, 0.2) is 5.65 Å².